The predicted molar refractivity (Wildman–Crippen MR) is 89.6 cm³/mol. The third kappa shape index (κ3) is 2.97. The molecule has 0 aliphatic heterocycles. The van der Waals surface area contributed by atoms with E-state index in [2.05, 4.69) is 18.0 Å². The van der Waals surface area contributed by atoms with Crippen molar-refractivity contribution in [3.63, 3.8) is 0 Å². The van der Waals surface area contributed by atoms with Gasteiger partial charge in [-0.25, -0.2) is 9.78 Å². The molecule has 0 amide bonds. The van der Waals surface area contributed by atoms with Gasteiger partial charge in [0.05, 0.1) is 5.69 Å². The Bertz CT molecular complexity index is 865. The largest absolute Gasteiger partial charge is 0.456 e. The maximum absolute atomic E-state index is 12.5. The number of esters is 1. The predicted octanol–water partition coefficient (Wildman–Crippen LogP) is 3.87. The highest BCUT2D eigenvalue weighted by Gasteiger charge is 2.18. The van der Waals surface area contributed by atoms with Crippen molar-refractivity contribution in [2.24, 2.45) is 0 Å². The molecular weight excluding hydrogens is 288 g/mol. The highest BCUT2D eigenvalue weighted by molar-refractivity contribution is 5.90. The van der Waals surface area contributed by atoms with Crippen LogP contribution in [0.2, 0.25) is 0 Å². The highest BCUT2D eigenvalue weighted by atomic mass is 16.5. The zero-order chi connectivity index (χ0) is 16.4. The zero-order valence-corrected chi connectivity index (χ0v) is 13.7. The lowest BCUT2D eigenvalue weighted by molar-refractivity contribution is 0.0462. The molecule has 2 heterocycles. The first-order valence-electron chi connectivity index (χ1n) is 7.79. The number of ether oxygens (including phenoxy) is 1. The molecule has 0 atom stereocenters. The number of imidazole rings is 1. The number of rotatable bonds is 4. The summed E-state index contributed by atoms with van der Waals surface area (Å²) in [6.45, 7) is 6.21. The minimum atomic E-state index is -0.343. The van der Waals surface area contributed by atoms with Crippen LogP contribution >= 0.6 is 0 Å². The van der Waals surface area contributed by atoms with Gasteiger partial charge in [0.2, 0.25) is 0 Å². The maximum atomic E-state index is 12.5. The third-order valence-corrected chi connectivity index (χ3v) is 4.01. The summed E-state index contributed by atoms with van der Waals surface area (Å²) in [6.07, 6.45) is 2.78. The molecule has 0 N–H and O–H groups in total. The first kappa shape index (κ1) is 15.3. The molecule has 0 aliphatic carbocycles. The quantitative estimate of drug-likeness (QED) is 0.687. The molecule has 3 aromatic rings. The van der Waals surface area contributed by atoms with Gasteiger partial charge >= 0.3 is 5.97 Å². The second-order valence-electron chi connectivity index (χ2n) is 5.68. The van der Waals surface area contributed by atoms with Crippen molar-refractivity contribution in [1.82, 2.24) is 9.38 Å². The fourth-order valence-electron chi connectivity index (χ4n) is 2.77. The van der Waals surface area contributed by atoms with E-state index in [0.29, 0.717) is 11.4 Å². The number of aryl methyl sites for hydroxylation is 3. The Kier molecular flexibility index (Phi) is 4.15. The molecule has 0 bridgehead atoms. The van der Waals surface area contributed by atoms with Crippen molar-refractivity contribution in [3.05, 3.63) is 70.7 Å². The van der Waals surface area contributed by atoms with Crippen LogP contribution in [0.25, 0.3) is 5.65 Å². The Morgan fingerprint density at radius 3 is 2.65 bits per heavy atom. The van der Waals surface area contributed by atoms with Crippen LogP contribution in [0, 0.1) is 13.8 Å². The molecule has 0 saturated heterocycles. The molecule has 0 unspecified atom stereocenters. The Morgan fingerprint density at radius 1 is 1.17 bits per heavy atom. The number of carbonyl (C=O) groups excluding carboxylic acids is 1. The van der Waals surface area contributed by atoms with Crippen molar-refractivity contribution >= 4 is 11.6 Å². The number of aromatic nitrogens is 2. The smallest absolute Gasteiger partial charge is 0.357 e. The maximum Gasteiger partial charge on any atom is 0.357 e. The van der Waals surface area contributed by atoms with E-state index < -0.39 is 0 Å². The number of hydrogen-bond acceptors (Lipinski definition) is 3. The standard InChI is InChI=1S/C19H20N2O2/c1-4-15-7-5-6-8-16(15)12-23-19(22)18-14(3)20-17-11-13(2)9-10-21(17)18/h5-11H,4,12H2,1-3H3. The molecule has 0 radical (unpaired) electrons. The molecule has 23 heavy (non-hydrogen) atoms. The number of hydrogen-bond donors (Lipinski definition) is 0. The van der Waals surface area contributed by atoms with Gasteiger partial charge in [-0.2, -0.15) is 0 Å². The fraction of sp³-hybridized carbons (Fsp3) is 0.263. The fourth-order valence-corrected chi connectivity index (χ4v) is 2.77. The number of benzene rings is 1. The van der Waals surface area contributed by atoms with E-state index in [1.165, 1.54) is 5.56 Å². The van der Waals surface area contributed by atoms with E-state index in [0.717, 1.165) is 23.2 Å². The van der Waals surface area contributed by atoms with Crippen LogP contribution in [-0.4, -0.2) is 15.4 Å². The van der Waals surface area contributed by atoms with Crippen LogP contribution in [0.15, 0.2) is 42.6 Å². The Labute approximate surface area is 135 Å². The molecule has 0 aliphatic rings. The van der Waals surface area contributed by atoms with Crippen LogP contribution in [0.3, 0.4) is 0 Å². The molecule has 0 saturated carbocycles. The number of nitrogens with zero attached hydrogens (tertiary/aromatic N) is 2. The Hall–Kier alpha value is -2.62. The van der Waals surface area contributed by atoms with Gasteiger partial charge in [-0.3, -0.25) is 4.40 Å². The summed E-state index contributed by atoms with van der Waals surface area (Å²) in [6, 6.07) is 11.9. The summed E-state index contributed by atoms with van der Waals surface area (Å²) < 4.78 is 7.32. The minimum absolute atomic E-state index is 0.279. The topological polar surface area (TPSA) is 43.6 Å². The second-order valence-corrected chi connectivity index (χ2v) is 5.68. The minimum Gasteiger partial charge on any atom is -0.456 e. The molecule has 0 fully saturated rings. The zero-order valence-electron chi connectivity index (χ0n) is 13.7. The van der Waals surface area contributed by atoms with Gasteiger partial charge in [0.15, 0.2) is 5.69 Å². The van der Waals surface area contributed by atoms with E-state index in [-0.39, 0.29) is 12.6 Å². The van der Waals surface area contributed by atoms with Gasteiger partial charge in [0.25, 0.3) is 0 Å². The van der Waals surface area contributed by atoms with Crippen LogP contribution in [0.1, 0.15) is 39.8 Å². The monoisotopic (exact) mass is 308 g/mol. The van der Waals surface area contributed by atoms with E-state index in [9.17, 15) is 4.79 Å². The van der Waals surface area contributed by atoms with Crippen molar-refractivity contribution in [2.75, 3.05) is 0 Å². The summed E-state index contributed by atoms with van der Waals surface area (Å²) in [5.74, 6) is -0.343. The Morgan fingerprint density at radius 2 is 1.91 bits per heavy atom. The molecular formula is C19H20N2O2. The van der Waals surface area contributed by atoms with Gasteiger partial charge in [-0.1, -0.05) is 31.2 Å². The van der Waals surface area contributed by atoms with Gasteiger partial charge in [0, 0.05) is 6.20 Å². The van der Waals surface area contributed by atoms with Crippen LogP contribution in [0.4, 0.5) is 0 Å². The van der Waals surface area contributed by atoms with Gasteiger partial charge < -0.3 is 4.74 Å². The van der Waals surface area contributed by atoms with Crippen LogP contribution in [0.5, 0.6) is 0 Å². The first-order valence-corrected chi connectivity index (χ1v) is 7.79. The normalized spacial score (nSPS) is 10.9. The number of pyridine rings is 1. The lowest BCUT2D eigenvalue weighted by Gasteiger charge is -2.09. The van der Waals surface area contributed by atoms with E-state index in [1.807, 2.05) is 50.4 Å². The van der Waals surface area contributed by atoms with Crippen molar-refractivity contribution in [3.8, 4) is 0 Å². The molecule has 1 aromatic carbocycles. The molecule has 2 aromatic heterocycles. The van der Waals surface area contributed by atoms with Crippen LogP contribution < -0.4 is 0 Å². The SMILES string of the molecule is CCc1ccccc1COC(=O)c1c(C)nc2cc(C)ccn12. The molecule has 4 nitrogen and oxygen atoms in total. The molecule has 0 spiro atoms. The van der Waals surface area contributed by atoms with Crippen molar-refractivity contribution < 1.29 is 9.53 Å². The molecule has 4 heteroatoms. The summed E-state index contributed by atoms with van der Waals surface area (Å²) in [4.78, 5) is 17.0. The lowest BCUT2D eigenvalue weighted by atomic mass is 10.1. The summed E-state index contributed by atoms with van der Waals surface area (Å²) in [5.41, 5.74) is 5.30. The van der Waals surface area contributed by atoms with E-state index in [1.54, 1.807) is 4.40 Å². The Balaban J connectivity index is 1.85. The number of fused-ring (bicyclic) bond motifs is 1. The van der Waals surface area contributed by atoms with Gasteiger partial charge in [-0.15, -0.1) is 0 Å². The van der Waals surface area contributed by atoms with E-state index in [4.69, 9.17) is 4.74 Å². The third-order valence-electron chi connectivity index (χ3n) is 4.01. The number of carbonyl (C=O) groups is 1. The van der Waals surface area contributed by atoms with Gasteiger partial charge in [-0.05, 0) is 49.1 Å². The molecule has 118 valence electrons. The average Bonchev–Trinajstić information content (AvgIpc) is 2.87. The van der Waals surface area contributed by atoms with Crippen molar-refractivity contribution in [1.29, 1.82) is 0 Å². The molecule has 3 rings (SSSR count). The summed E-state index contributed by atoms with van der Waals surface area (Å²) in [7, 11) is 0. The lowest BCUT2D eigenvalue weighted by Crippen LogP contribution is -2.10. The average molecular weight is 308 g/mol. The first-order chi connectivity index (χ1) is 11.1. The van der Waals surface area contributed by atoms with Gasteiger partial charge in [0.1, 0.15) is 12.3 Å². The van der Waals surface area contributed by atoms with Crippen LogP contribution in [-0.2, 0) is 17.8 Å². The van der Waals surface area contributed by atoms with E-state index >= 15 is 0 Å². The second kappa shape index (κ2) is 6.24. The summed E-state index contributed by atoms with van der Waals surface area (Å²) in [5, 5.41) is 0. The highest BCUT2D eigenvalue weighted by Crippen LogP contribution is 2.16. The van der Waals surface area contributed by atoms with Crippen molar-refractivity contribution in [2.45, 2.75) is 33.8 Å². The summed E-state index contributed by atoms with van der Waals surface area (Å²) >= 11 is 0.